The number of alkyl halides is 1. The minimum atomic E-state index is -3.04. The Morgan fingerprint density at radius 1 is 0.879 bits per heavy atom. The summed E-state index contributed by atoms with van der Waals surface area (Å²) in [5.74, 6) is 2.03. The van der Waals surface area contributed by atoms with Crippen molar-refractivity contribution in [2.75, 3.05) is 30.6 Å². The summed E-state index contributed by atoms with van der Waals surface area (Å²) in [5.41, 5.74) is 1.66. The summed E-state index contributed by atoms with van der Waals surface area (Å²) in [7, 11) is -3.04. The molecule has 0 aliphatic carbocycles. The lowest BCUT2D eigenvalue weighted by Gasteiger charge is -2.27. The van der Waals surface area contributed by atoms with Gasteiger partial charge in [-0.2, -0.15) is 0 Å². The molecule has 2 rings (SSSR count). The van der Waals surface area contributed by atoms with Crippen LogP contribution in [0.2, 0.25) is 10.0 Å². The van der Waals surface area contributed by atoms with Crippen LogP contribution in [0.5, 0.6) is 11.5 Å². The van der Waals surface area contributed by atoms with E-state index in [1.54, 1.807) is 6.92 Å². The minimum absolute atomic E-state index is 0.0947. The molecule has 0 N–H and O–H groups in total. The van der Waals surface area contributed by atoms with E-state index in [1.807, 2.05) is 50.2 Å². The molecule has 0 bridgehead atoms. The van der Waals surface area contributed by atoms with Crippen LogP contribution >= 0.6 is 34.8 Å². The van der Waals surface area contributed by atoms with Crippen molar-refractivity contribution < 1.29 is 17.9 Å². The van der Waals surface area contributed by atoms with Crippen LogP contribution in [0.4, 0.5) is 0 Å². The molecule has 4 nitrogen and oxygen atoms in total. The Morgan fingerprint density at radius 3 is 1.73 bits per heavy atom. The van der Waals surface area contributed by atoms with E-state index in [2.05, 4.69) is 13.8 Å². The van der Waals surface area contributed by atoms with Gasteiger partial charge >= 0.3 is 0 Å². The predicted octanol–water partition coefficient (Wildman–Crippen LogP) is 7.02. The molecule has 2 atom stereocenters. The summed E-state index contributed by atoms with van der Waals surface area (Å²) in [5, 5.41) is 1.02. The second-order valence-electron chi connectivity index (χ2n) is 9.10. The van der Waals surface area contributed by atoms with Crippen molar-refractivity contribution in [1.82, 2.24) is 0 Å². The molecule has 0 heterocycles. The molecule has 0 radical (unpaired) electrons. The topological polar surface area (TPSA) is 52.6 Å². The molecule has 0 fully saturated rings. The van der Waals surface area contributed by atoms with E-state index in [4.69, 9.17) is 44.3 Å². The van der Waals surface area contributed by atoms with Crippen molar-refractivity contribution in [2.45, 2.75) is 40.0 Å². The molecule has 0 unspecified atom stereocenters. The van der Waals surface area contributed by atoms with Gasteiger partial charge in [0.2, 0.25) is 0 Å². The third-order valence-electron chi connectivity index (χ3n) is 5.60. The summed E-state index contributed by atoms with van der Waals surface area (Å²) in [6, 6.07) is 11.5. The first-order valence-electron chi connectivity index (χ1n) is 11.0. The molecule has 0 amide bonds. The molecule has 33 heavy (non-hydrogen) atoms. The van der Waals surface area contributed by atoms with Gasteiger partial charge in [0.1, 0.15) is 21.3 Å². The quantitative estimate of drug-likeness (QED) is 0.274. The predicted molar refractivity (Wildman–Crippen MR) is 139 cm³/mol. The van der Waals surface area contributed by atoms with E-state index < -0.39 is 9.84 Å². The molecule has 2 aromatic rings. The Bertz CT molecular complexity index is 1040. The fraction of sp³-hybridized carbons (Fsp3) is 0.520. The Hall–Kier alpha value is -1.14. The Labute approximate surface area is 213 Å². The first-order valence-corrected chi connectivity index (χ1v) is 14.1. The maximum absolute atomic E-state index is 11.8. The summed E-state index contributed by atoms with van der Waals surface area (Å²) in [4.78, 5) is 0. The Kier molecular flexibility index (Phi) is 10.2. The highest BCUT2D eigenvalue weighted by Gasteiger charge is 2.25. The van der Waals surface area contributed by atoms with Gasteiger partial charge in [0, 0.05) is 28.9 Å². The summed E-state index contributed by atoms with van der Waals surface area (Å²) in [6.45, 7) is 10.5. The maximum atomic E-state index is 11.8. The standard InChI is InChI=1S/C25H33Cl3O4S/c1-6-33(29,30)16-18(3)15-32-24-10-8-20(12-22(24)28)25(4,5)19-7-9-23(21(27)11-19)31-14-17(2)13-26/h7-12,17-18H,6,13-16H2,1-5H3/t17-,18+/m1/s1. The smallest absolute Gasteiger partial charge is 0.150 e. The zero-order chi connectivity index (χ0) is 24.8. The molecular formula is C25H33Cl3O4S. The van der Waals surface area contributed by atoms with Gasteiger partial charge < -0.3 is 9.47 Å². The van der Waals surface area contributed by atoms with Crippen LogP contribution in [0.15, 0.2) is 36.4 Å². The third kappa shape index (κ3) is 7.95. The first kappa shape index (κ1) is 28.1. The average Bonchev–Trinajstić information content (AvgIpc) is 2.76. The molecule has 184 valence electrons. The van der Waals surface area contributed by atoms with Crippen molar-refractivity contribution in [2.24, 2.45) is 11.8 Å². The van der Waals surface area contributed by atoms with Crippen LogP contribution in [0.3, 0.4) is 0 Å². The maximum Gasteiger partial charge on any atom is 0.150 e. The number of benzene rings is 2. The number of ether oxygens (including phenoxy) is 2. The SMILES string of the molecule is CCS(=O)(=O)C[C@@H](C)COc1ccc(C(C)(C)c2ccc(OC[C@H](C)CCl)c(Cl)c2)cc1Cl. The molecule has 0 aromatic heterocycles. The van der Waals surface area contributed by atoms with Gasteiger partial charge in [-0.3, -0.25) is 0 Å². The van der Waals surface area contributed by atoms with Crippen LogP contribution in [0.25, 0.3) is 0 Å². The van der Waals surface area contributed by atoms with Crippen LogP contribution in [-0.4, -0.2) is 39.0 Å². The van der Waals surface area contributed by atoms with Gasteiger partial charge in [-0.05, 0) is 35.4 Å². The molecule has 8 heteroatoms. The zero-order valence-corrected chi connectivity index (χ0v) is 22.9. The number of halogens is 3. The third-order valence-corrected chi connectivity index (χ3v) is 8.67. The molecule has 0 aliphatic rings. The van der Waals surface area contributed by atoms with Gasteiger partial charge in [-0.15, -0.1) is 11.6 Å². The van der Waals surface area contributed by atoms with E-state index >= 15 is 0 Å². The van der Waals surface area contributed by atoms with Gasteiger partial charge in [0.05, 0.1) is 29.0 Å². The fourth-order valence-electron chi connectivity index (χ4n) is 3.29. The number of hydrogen-bond donors (Lipinski definition) is 0. The van der Waals surface area contributed by atoms with E-state index in [0.29, 0.717) is 34.0 Å². The highest BCUT2D eigenvalue weighted by atomic mass is 35.5. The van der Waals surface area contributed by atoms with Crippen LogP contribution in [-0.2, 0) is 15.3 Å². The van der Waals surface area contributed by atoms with Crippen LogP contribution < -0.4 is 9.47 Å². The van der Waals surface area contributed by atoms with Crippen molar-refractivity contribution >= 4 is 44.6 Å². The lowest BCUT2D eigenvalue weighted by atomic mass is 9.78. The second kappa shape index (κ2) is 12.0. The van der Waals surface area contributed by atoms with Crippen molar-refractivity contribution in [3.8, 4) is 11.5 Å². The molecule has 0 saturated heterocycles. The Morgan fingerprint density at radius 2 is 1.33 bits per heavy atom. The van der Waals surface area contributed by atoms with Crippen LogP contribution in [0, 0.1) is 11.8 Å². The zero-order valence-electron chi connectivity index (χ0n) is 19.8. The second-order valence-corrected chi connectivity index (χ2v) is 12.6. The van der Waals surface area contributed by atoms with Crippen molar-refractivity contribution in [3.05, 3.63) is 57.6 Å². The van der Waals surface area contributed by atoms with E-state index in [0.717, 1.165) is 11.1 Å². The van der Waals surface area contributed by atoms with Crippen LogP contribution in [0.1, 0.15) is 45.7 Å². The molecule has 0 saturated carbocycles. The monoisotopic (exact) mass is 534 g/mol. The van der Waals surface area contributed by atoms with Gasteiger partial charge in [-0.25, -0.2) is 8.42 Å². The minimum Gasteiger partial charge on any atom is -0.492 e. The number of rotatable bonds is 12. The summed E-state index contributed by atoms with van der Waals surface area (Å²) >= 11 is 18.8. The number of sulfone groups is 1. The molecule has 2 aromatic carbocycles. The highest BCUT2D eigenvalue weighted by molar-refractivity contribution is 7.91. The van der Waals surface area contributed by atoms with Gasteiger partial charge in [0.15, 0.2) is 0 Å². The van der Waals surface area contributed by atoms with E-state index in [1.165, 1.54) is 0 Å². The molecule has 0 spiro atoms. The largest absolute Gasteiger partial charge is 0.492 e. The molecule has 0 aliphatic heterocycles. The van der Waals surface area contributed by atoms with E-state index in [-0.39, 0.29) is 35.4 Å². The lowest BCUT2D eigenvalue weighted by Crippen LogP contribution is -2.21. The number of hydrogen-bond acceptors (Lipinski definition) is 4. The fourth-order valence-corrected chi connectivity index (χ4v) is 5.05. The average molecular weight is 536 g/mol. The first-order chi connectivity index (χ1) is 15.4. The highest BCUT2D eigenvalue weighted by Crippen LogP contribution is 2.38. The lowest BCUT2D eigenvalue weighted by molar-refractivity contribution is 0.272. The van der Waals surface area contributed by atoms with Gasteiger partial charge in [0.25, 0.3) is 0 Å². The normalized spacial score (nSPS) is 14.1. The van der Waals surface area contributed by atoms with E-state index in [9.17, 15) is 8.42 Å². The summed E-state index contributed by atoms with van der Waals surface area (Å²) in [6.07, 6.45) is 0. The van der Waals surface area contributed by atoms with Gasteiger partial charge in [-0.1, -0.05) is 70.0 Å². The summed E-state index contributed by atoms with van der Waals surface area (Å²) < 4.78 is 35.2. The van der Waals surface area contributed by atoms with Crippen molar-refractivity contribution in [3.63, 3.8) is 0 Å². The Balaban J connectivity index is 2.13. The van der Waals surface area contributed by atoms with Crippen molar-refractivity contribution in [1.29, 1.82) is 0 Å². The molecular weight excluding hydrogens is 503 g/mol.